The summed E-state index contributed by atoms with van der Waals surface area (Å²) < 4.78 is 154. The zero-order chi connectivity index (χ0) is 21.0. The van der Waals surface area contributed by atoms with Crippen LogP contribution in [0.3, 0.4) is 0 Å². The molecule has 2 fully saturated rings. The van der Waals surface area contributed by atoms with Crippen LogP contribution in [-0.4, -0.2) is 63.2 Å². The lowest BCUT2D eigenvalue weighted by Gasteiger charge is -2.57. The first-order valence-corrected chi connectivity index (χ1v) is 5.92. The molecule has 0 heterocycles. The molecule has 2 saturated carbocycles. The smallest absolute Gasteiger partial charge is 0.361 e. The topological polar surface area (TPSA) is 81.6 Å². The Morgan fingerprint density at radius 2 is 0.692 bits per heavy atom. The minimum Gasteiger partial charge on any atom is -0.361 e. The lowest BCUT2D eigenvalue weighted by atomic mass is 9.73. The van der Waals surface area contributed by atoms with Crippen molar-refractivity contribution in [2.24, 2.45) is 0 Å². The Morgan fingerprint density at radius 3 is 0.885 bits per heavy atom. The van der Waals surface area contributed by atoms with Gasteiger partial charge in [0, 0.05) is 0 Å². The fraction of sp³-hybridized carbons (Fsp3) is 0.889. The van der Waals surface area contributed by atoms with E-state index in [1.165, 1.54) is 0 Å². The van der Waals surface area contributed by atoms with Crippen molar-refractivity contribution in [2.75, 3.05) is 0 Å². The van der Waals surface area contributed by atoms with Crippen molar-refractivity contribution >= 4 is 6.03 Å². The van der Waals surface area contributed by atoms with Gasteiger partial charge in [-0.3, -0.25) is 10.6 Å². The minimum absolute atomic E-state index is 0.0899. The number of nitrogens with one attached hydrogen (secondary N) is 2. The maximum atomic E-state index is 13.0. The highest BCUT2D eigenvalue weighted by Crippen LogP contribution is 2.67. The predicted molar refractivity (Wildman–Crippen MR) is 51.2 cm³/mol. The van der Waals surface area contributed by atoms with Crippen LogP contribution in [0.2, 0.25) is 0 Å². The largest absolute Gasteiger partial charge is 0.382 e. The fourth-order valence-corrected chi connectivity index (χ4v) is 2.25. The van der Waals surface area contributed by atoms with E-state index < -0.39 is 53.0 Å². The number of carbonyl (C=O) groups is 1. The van der Waals surface area contributed by atoms with Crippen LogP contribution in [-0.2, 0) is 0 Å². The predicted octanol–water partition coefficient (Wildman–Crippen LogP) is 1.50. The van der Waals surface area contributed by atoms with Crippen LogP contribution in [0, 0.1) is 0 Å². The van der Waals surface area contributed by atoms with Crippen LogP contribution in [0.5, 0.6) is 0 Å². The Hall–Kier alpha value is -1.65. The number of aliphatic hydroxyl groups is 2. The molecule has 0 atom stereocenters. The average molecular weight is 416 g/mol. The Labute approximate surface area is 132 Å². The molecule has 4 N–H and O–H groups in total. The number of urea groups is 1. The van der Waals surface area contributed by atoms with E-state index in [2.05, 4.69) is 0 Å². The number of amides is 2. The Morgan fingerprint density at radius 1 is 0.500 bits per heavy atom. The first-order valence-electron chi connectivity index (χ1n) is 5.92. The highest BCUT2D eigenvalue weighted by molar-refractivity contribution is 5.77. The van der Waals surface area contributed by atoms with Crippen molar-refractivity contribution in [3.63, 3.8) is 0 Å². The Bertz CT molecular complexity index is 572. The SMILES string of the molecule is O=C(NC1(O)C(F)(F)C(F)(F)C1(F)F)NC1(O)C(F)(F)C(F)(F)C1(F)F. The van der Waals surface area contributed by atoms with Gasteiger partial charge in [-0.15, -0.1) is 0 Å². The molecule has 0 aromatic carbocycles. The van der Waals surface area contributed by atoms with E-state index >= 15 is 0 Å². The average Bonchev–Trinajstić information content (AvgIpc) is 2.43. The number of alkyl halides is 12. The summed E-state index contributed by atoms with van der Waals surface area (Å²) in [5.74, 6) is -37.0. The maximum absolute atomic E-state index is 13.0. The third-order valence-electron chi connectivity index (χ3n) is 3.98. The van der Waals surface area contributed by atoms with Gasteiger partial charge in [-0.25, -0.2) is 4.79 Å². The Kier molecular flexibility index (Phi) is 3.51. The van der Waals surface area contributed by atoms with Crippen molar-refractivity contribution in [3.05, 3.63) is 0 Å². The molecule has 0 saturated heterocycles. The molecule has 0 radical (unpaired) electrons. The quantitative estimate of drug-likeness (QED) is 0.407. The molecule has 0 spiro atoms. The van der Waals surface area contributed by atoms with Gasteiger partial charge in [0.1, 0.15) is 0 Å². The molecule has 2 amide bonds. The summed E-state index contributed by atoms with van der Waals surface area (Å²) in [6.07, 6.45) is 0. The zero-order valence-electron chi connectivity index (χ0n) is 11.3. The normalized spacial score (nSPS) is 32.5. The summed E-state index contributed by atoms with van der Waals surface area (Å²) in [5.41, 5.74) is -10.9. The molecule has 152 valence electrons. The van der Waals surface area contributed by atoms with Gasteiger partial charge in [0.2, 0.25) is 0 Å². The number of hydrogen-bond donors (Lipinski definition) is 4. The van der Waals surface area contributed by atoms with Gasteiger partial charge < -0.3 is 10.2 Å². The van der Waals surface area contributed by atoms with Gasteiger partial charge in [-0.2, -0.15) is 52.7 Å². The molecular weight excluding hydrogens is 412 g/mol. The van der Waals surface area contributed by atoms with Crippen LogP contribution in [0.4, 0.5) is 57.5 Å². The summed E-state index contributed by atoms with van der Waals surface area (Å²) in [6, 6.07) is -3.13. The van der Waals surface area contributed by atoms with Gasteiger partial charge in [0.25, 0.3) is 11.4 Å². The van der Waals surface area contributed by atoms with E-state index in [-0.39, 0.29) is 10.6 Å². The van der Waals surface area contributed by atoms with Gasteiger partial charge in [0.05, 0.1) is 0 Å². The van der Waals surface area contributed by atoms with E-state index in [1.54, 1.807) is 0 Å². The summed E-state index contributed by atoms with van der Waals surface area (Å²) in [4.78, 5) is 11.1. The second kappa shape index (κ2) is 4.42. The first-order chi connectivity index (χ1) is 11.1. The number of rotatable bonds is 2. The second-order valence-electron chi connectivity index (χ2n) is 5.45. The summed E-state index contributed by atoms with van der Waals surface area (Å²) in [6.45, 7) is 0. The summed E-state index contributed by atoms with van der Waals surface area (Å²) >= 11 is 0. The highest BCUT2D eigenvalue weighted by Gasteiger charge is 3.01. The molecule has 5 nitrogen and oxygen atoms in total. The molecule has 0 aromatic heterocycles. The number of carbonyl (C=O) groups excluding carboxylic acids is 1. The van der Waals surface area contributed by atoms with Crippen LogP contribution in [0.25, 0.3) is 0 Å². The van der Waals surface area contributed by atoms with Crippen LogP contribution >= 0.6 is 0 Å². The van der Waals surface area contributed by atoms with Crippen LogP contribution < -0.4 is 10.6 Å². The standard InChI is InChI=1S/C9H4F12N2O3/c10-2(11)4(14,15)8(25,5(2,16)17)22-1(24)23-9(26)6(18,19)3(12,13)7(9,20)21/h25-26H,(H2,22,23,24). The minimum atomic E-state index is -6.25. The van der Waals surface area contributed by atoms with Crippen molar-refractivity contribution in [1.82, 2.24) is 10.6 Å². The molecule has 0 bridgehead atoms. The lowest BCUT2D eigenvalue weighted by molar-refractivity contribution is -0.499. The first kappa shape index (κ1) is 20.7. The van der Waals surface area contributed by atoms with E-state index in [1.807, 2.05) is 0 Å². The van der Waals surface area contributed by atoms with Gasteiger partial charge >= 0.3 is 41.6 Å². The molecular formula is C9H4F12N2O3. The molecule has 0 aromatic rings. The molecule has 2 aliphatic carbocycles. The molecule has 26 heavy (non-hydrogen) atoms. The molecule has 2 rings (SSSR count). The van der Waals surface area contributed by atoms with Crippen molar-refractivity contribution < 1.29 is 67.7 Å². The fourth-order valence-electron chi connectivity index (χ4n) is 2.25. The molecule has 2 aliphatic rings. The van der Waals surface area contributed by atoms with Crippen LogP contribution in [0.15, 0.2) is 0 Å². The molecule has 0 unspecified atom stereocenters. The highest BCUT2D eigenvalue weighted by atomic mass is 19.4. The van der Waals surface area contributed by atoms with Crippen LogP contribution in [0.1, 0.15) is 0 Å². The van der Waals surface area contributed by atoms with Crippen molar-refractivity contribution in [1.29, 1.82) is 0 Å². The van der Waals surface area contributed by atoms with E-state index in [0.717, 1.165) is 0 Å². The molecule has 17 heteroatoms. The number of hydrogen-bond acceptors (Lipinski definition) is 3. The second-order valence-corrected chi connectivity index (χ2v) is 5.45. The number of halogens is 12. The summed E-state index contributed by atoms with van der Waals surface area (Å²) in [7, 11) is 0. The molecule has 0 aliphatic heterocycles. The third kappa shape index (κ3) is 1.58. The lowest BCUT2D eigenvalue weighted by Crippen LogP contribution is -2.94. The monoisotopic (exact) mass is 416 g/mol. The van der Waals surface area contributed by atoms with Gasteiger partial charge in [0.15, 0.2) is 0 Å². The van der Waals surface area contributed by atoms with E-state index in [0.29, 0.717) is 0 Å². The van der Waals surface area contributed by atoms with E-state index in [9.17, 15) is 57.5 Å². The third-order valence-corrected chi connectivity index (χ3v) is 3.98. The van der Waals surface area contributed by atoms with Crippen molar-refractivity contribution in [2.45, 2.75) is 47.0 Å². The van der Waals surface area contributed by atoms with Gasteiger partial charge in [-0.1, -0.05) is 0 Å². The van der Waals surface area contributed by atoms with Crippen molar-refractivity contribution in [3.8, 4) is 0 Å². The Balaban J connectivity index is 2.28. The zero-order valence-corrected chi connectivity index (χ0v) is 11.3. The maximum Gasteiger partial charge on any atom is 0.382 e. The van der Waals surface area contributed by atoms with Gasteiger partial charge in [-0.05, 0) is 0 Å². The van der Waals surface area contributed by atoms with E-state index in [4.69, 9.17) is 10.2 Å². The summed E-state index contributed by atoms with van der Waals surface area (Å²) in [5, 5.41) is 17.6.